The van der Waals surface area contributed by atoms with Crippen LogP contribution in [0.25, 0.3) is 0 Å². The first kappa shape index (κ1) is 30.4. The van der Waals surface area contributed by atoms with Crippen LogP contribution in [0.5, 0.6) is 0 Å². The third-order valence-electron chi connectivity index (χ3n) is 6.65. The Morgan fingerprint density at radius 3 is 1.81 bits per heavy atom. The van der Waals surface area contributed by atoms with E-state index in [9.17, 15) is 45.6 Å². The summed E-state index contributed by atoms with van der Waals surface area (Å²) < 4.78 is 27.8. The number of carbonyl (C=O) groups excluding carboxylic acids is 1. The van der Waals surface area contributed by atoms with Gasteiger partial charge < -0.3 is 81.3 Å². The summed E-state index contributed by atoms with van der Waals surface area (Å²) in [5.74, 6) is -0.627. The molecule has 13 N–H and O–H groups in total. The van der Waals surface area contributed by atoms with Crippen LogP contribution in [-0.4, -0.2) is 159 Å². The molecule has 0 saturated carbocycles. The van der Waals surface area contributed by atoms with Gasteiger partial charge in [0.05, 0.1) is 31.9 Å². The Morgan fingerprint density at radius 2 is 1.24 bits per heavy atom. The van der Waals surface area contributed by atoms with Gasteiger partial charge in [0.1, 0.15) is 61.0 Å². The number of aliphatic hydroxyl groups is 8. The minimum atomic E-state index is -1.67. The Balaban J connectivity index is 1.83. The number of hydrogen-bond acceptors (Lipinski definition) is 16. The van der Waals surface area contributed by atoms with E-state index in [0.29, 0.717) is 0 Å². The van der Waals surface area contributed by atoms with Crippen molar-refractivity contribution < 1.29 is 69.3 Å². The van der Waals surface area contributed by atoms with Gasteiger partial charge in [-0.25, -0.2) is 0 Å². The molecule has 2 unspecified atom stereocenters. The van der Waals surface area contributed by atoms with Gasteiger partial charge in [0.15, 0.2) is 18.9 Å². The molecule has 3 heterocycles. The highest BCUT2D eigenvalue weighted by Crippen LogP contribution is 2.31. The number of amides is 1. The van der Waals surface area contributed by atoms with Gasteiger partial charge in [-0.1, -0.05) is 0 Å². The van der Waals surface area contributed by atoms with E-state index in [4.69, 9.17) is 35.2 Å². The Kier molecular flexibility index (Phi) is 10.5. The van der Waals surface area contributed by atoms with Crippen LogP contribution in [0.4, 0.5) is 0 Å². The van der Waals surface area contributed by atoms with Gasteiger partial charge in [0.2, 0.25) is 5.91 Å². The zero-order chi connectivity index (χ0) is 27.6. The second kappa shape index (κ2) is 12.8. The van der Waals surface area contributed by atoms with Crippen molar-refractivity contribution in [3.05, 3.63) is 0 Å². The fraction of sp³-hybridized carbons (Fsp3) is 0.950. The molecule has 0 aliphatic carbocycles. The molecule has 0 radical (unpaired) electrons. The van der Waals surface area contributed by atoms with Crippen molar-refractivity contribution in [1.29, 1.82) is 0 Å². The van der Waals surface area contributed by atoms with E-state index in [1.54, 1.807) is 0 Å². The molecule has 15 atom stereocenters. The molecule has 0 bridgehead atoms. The largest absolute Gasteiger partial charge is 0.394 e. The molecule has 0 aromatic rings. The summed E-state index contributed by atoms with van der Waals surface area (Å²) in [4.78, 5) is 11.9. The SMILES string of the molecule is CC(=O)N[C@H]1[C@H](OC2[C@@H](CO)O[C@@H](O)[C@H](N)[C@H]2O)O[C@H](CO)C(O[C@@H]2O[C@H](CO)[C@@H](O)[C@H](O)[C@H]2N)[C@@H]1O. The smallest absolute Gasteiger partial charge is 0.217 e. The van der Waals surface area contributed by atoms with Crippen molar-refractivity contribution in [3.8, 4) is 0 Å². The first-order valence-corrected chi connectivity index (χ1v) is 11.7. The topological polar surface area (TPSA) is 289 Å². The number of rotatable bonds is 8. The van der Waals surface area contributed by atoms with E-state index in [2.05, 4.69) is 5.32 Å². The number of ether oxygens (including phenoxy) is 5. The lowest BCUT2D eigenvalue weighted by Gasteiger charge is -2.49. The molecular weight excluding hydrogens is 506 g/mol. The van der Waals surface area contributed by atoms with Gasteiger partial charge in [-0.3, -0.25) is 4.79 Å². The number of hydrogen-bond donors (Lipinski definition) is 11. The lowest BCUT2D eigenvalue weighted by molar-refractivity contribution is -0.350. The average molecular weight is 544 g/mol. The zero-order valence-electron chi connectivity index (χ0n) is 20.0. The summed E-state index contributed by atoms with van der Waals surface area (Å²) >= 11 is 0. The fourth-order valence-electron chi connectivity index (χ4n) is 4.55. The van der Waals surface area contributed by atoms with Crippen LogP contribution >= 0.6 is 0 Å². The van der Waals surface area contributed by atoms with E-state index >= 15 is 0 Å². The molecule has 0 aromatic heterocycles. The van der Waals surface area contributed by atoms with Crippen molar-refractivity contribution in [1.82, 2.24) is 5.32 Å². The van der Waals surface area contributed by atoms with Crippen LogP contribution in [0.1, 0.15) is 6.92 Å². The van der Waals surface area contributed by atoms with Crippen LogP contribution in [0.2, 0.25) is 0 Å². The van der Waals surface area contributed by atoms with Crippen molar-refractivity contribution in [3.63, 3.8) is 0 Å². The third-order valence-corrected chi connectivity index (χ3v) is 6.65. The summed E-state index contributed by atoms with van der Waals surface area (Å²) in [7, 11) is 0. The summed E-state index contributed by atoms with van der Waals surface area (Å²) in [5, 5.41) is 83.1. The Bertz CT molecular complexity index is 749. The highest BCUT2D eigenvalue weighted by Gasteiger charge is 2.53. The molecule has 37 heavy (non-hydrogen) atoms. The highest BCUT2D eigenvalue weighted by atomic mass is 16.7. The normalized spacial score (nSPS) is 49.0. The molecule has 3 rings (SSSR count). The lowest BCUT2D eigenvalue weighted by atomic mass is 9.94. The maximum atomic E-state index is 11.9. The third kappa shape index (κ3) is 6.38. The minimum Gasteiger partial charge on any atom is -0.394 e. The van der Waals surface area contributed by atoms with E-state index in [1.165, 1.54) is 0 Å². The number of carbonyl (C=O) groups is 1. The van der Waals surface area contributed by atoms with Crippen molar-refractivity contribution in [2.75, 3.05) is 19.8 Å². The number of nitrogens with two attached hydrogens (primary N) is 2. The van der Waals surface area contributed by atoms with Gasteiger partial charge in [0.25, 0.3) is 0 Å². The summed E-state index contributed by atoms with van der Waals surface area (Å²) in [5.41, 5.74) is 11.6. The maximum absolute atomic E-state index is 11.9. The van der Waals surface area contributed by atoms with Crippen molar-refractivity contribution in [2.24, 2.45) is 11.5 Å². The predicted octanol–water partition coefficient (Wildman–Crippen LogP) is -7.50. The monoisotopic (exact) mass is 543 g/mol. The summed E-state index contributed by atoms with van der Waals surface area (Å²) in [6, 6.07) is -4.04. The minimum absolute atomic E-state index is 0.627. The van der Waals surface area contributed by atoms with Gasteiger partial charge in [-0.05, 0) is 0 Å². The average Bonchev–Trinajstić information content (AvgIpc) is 2.87. The van der Waals surface area contributed by atoms with Crippen molar-refractivity contribution in [2.45, 2.75) is 98.9 Å². The first-order chi connectivity index (χ1) is 17.4. The Labute approximate surface area is 211 Å². The predicted molar refractivity (Wildman–Crippen MR) is 117 cm³/mol. The second-order valence-corrected chi connectivity index (χ2v) is 9.24. The highest BCUT2D eigenvalue weighted by molar-refractivity contribution is 5.73. The van der Waals surface area contributed by atoms with E-state index in [1.807, 2.05) is 0 Å². The molecule has 17 heteroatoms. The van der Waals surface area contributed by atoms with E-state index in [-0.39, 0.29) is 0 Å². The van der Waals surface area contributed by atoms with E-state index in [0.717, 1.165) is 6.92 Å². The molecule has 0 spiro atoms. The van der Waals surface area contributed by atoms with Gasteiger partial charge in [-0.2, -0.15) is 0 Å². The number of aliphatic hydroxyl groups excluding tert-OH is 8. The van der Waals surface area contributed by atoms with Crippen molar-refractivity contribution >= 4 is 5.91 Å². The number of nitrogens with one attached hydrogen (secondary N) is 1. The van der Waals surface area contributed by atoms with Gasteiger partial charge in [-0.15, -0.1) is 0 Å². The molecule has 0 aromatic carbocycles. The van der Waals surface area contributed by atoms with Gasteiger partial charge >= 0.3 is 0 Å². The van der Waals surface area contributed by atoms with Crippen LogP contribution in [-0.2, 0) is 28.5 Å². The molecule has 3 fully saturated rings. The fourth-order valence-corrected chi connectivity index (χ4v) is 4.55. The molecule has 1 amide bonds. The Morgan fingerprint density at radius 1 is 0.730 bits per heavy atom. The molecule has 3 aliphatic heterocycles. The molecule has 216 valence electrons. The van der Waals surface area contributed by atoms with E-state index < -0.39 is 118 Å². The van der Waals surface area contributed by atoms with Crippen LogP contribution in [0, 0.1) is 0 Å². The van der Waals surface area contributed by atoms with Crippen LogP contribution in [0.3, 0.4) is 0 Å². The summed E-state index contributed by atoms with van der Waals surface area (Å²) in [6.45, 7) is -0.992. The molecular formula is C20H37N3O14. The quantitative estimate of drug-likeness (QED) is 0.135. The second-order valence-electron chi connectivity index (χ2n) is 9.24. The molecule has 3 aliphatic rings. The van der Waals surface area contributed by atoms with Crippen LogP contribution < -0.4 is 16.8 Å². The van der Waals surface area contributed by atoms with Gasteiger partial charge in [0, 0.05) is 6.92 Å². The first-order valence-electron chi connectivity index (χ1n) is 11.7. The van der Waals surface area contributed by atoms with Crippen LogP contribution in [0.15, 0.2) is 0 Å². The standard InChI is InChI=1S/C20H37N3O14/c1-5(27)23-11-15(31)17(36-19-10(22)13(29)12(28)6(2-24)34-19)8(4-26)35-20(11)37-16-7(3-25)33-18(32)9(21)14(16)30/h6-20,24-26,28-32H,2-4,21-22H2,1H3,(H,23,27)/t6-,7-,8-,9-,10-,11-,12-,13-,14-,15-,16?,17?,18-,19+,20+/m1/s1. The maximum Gasteiger partial charge on any atom is 0.217 e. The molecule has 17 nitrogen and oxygen atoms in total. The zero-order valence-corrected chi connectivity index (χ0v) is 20.0. The molecule has 3 saturated heterocycles. The summed E-state index contributed by atoms with van der Waals surface area (Å²) in [6.07, 6.45) is -17.6. The Hall–Kier alpha value is -1.13. The lowest BCUT2D eigenvalue weighted by Crippen LogP contribution is -2.70.